The second-order valence-corrected chi connectivity index (χ2v) is 6.05. The molecular weight excluding hydrogens is 342 g/mol. The molecule has 1 aromatic carbocycles. The number of methoxy groups -OCH3 is 1. The summed E-state index contributed by atoms with van der Waals surface area (Å²) in [5, 5.41) is 12.1. The molecule has 7 heteroatoms. The third-order valence-corrected chi connectivity index (χ3v) is 4.31. The minimum Gasteiger partial charge on any atom is -0.497 e. The number of nitriles is 1. The molecule has 2 heterocycles. The maximum Gasteiger partial charge on any atom is 0.267 e. The molecule has 1 aliphatic heterocycles. The van der Waals surface area contributed by atoms with Crippen LogP contribution in [0.4, 0.5) is 11.5 Å². The van der Waals surface area contributed by atoms with Gasteiger partial charge in [0.25, 0.3) is 5.91 Å². The zero-order chi connectivity index (χ0) is 19.1. The molecule has 0 spiro atoms. The molecule has 27 heavy (non-hydrogen) atoms. The Hall–Kier alpha value is -3.53. The lowest BCUT2D eigenvalue weighted by Gasteiger charge is -2.34. The van der Waals surface area contributed by atoms with Crippen LogP contribution in [0.5, 0.6) is 5.75 Å². The van der Waals surface area contributed by atoms with Crippen molar-refractivity contribution in [3.8, 4) is 11.8 Å². The van der Waals surface area contributed by atoms with E-state index in [-0.39, 0.29) is 5.57 Å². The van der Waals surface area contributed by atoms with Gasteiger partial charge in [0.2, 0.25) is 0 Å². The molecule has 0 atom stereocenters. The summed E-state index contributed by atoms with van der Waals surface area (Å²) in [5.74, 6) is 1.23. The maximum absolute atomic E-state index is 12.4. The first kappa shape index (κ1) is 18.3. The number of nitrogens with one attached hydrogen (secondary N) is 1. The normalized spacial score (nSPS) is 14.4. The topological polar surface area (TPSA) is 81.5 Å². The average molecular weight is 363 g/mol. The van der Waals surface area contributed by atoms with Crippen LogP contribution in [0.15, 0.2) is 60.4 Å². The van der Waals surface area contributed by atoms with Crippen LogP contribution in [0.25, 0.3) is 0 Å². The second kappa shape index (κ2) is 8.72. The summed E-state index contributed by atoms with van der Waals surface area (Å²) in [5.41, 5.74) is 0.694. The van der Waals surface area contributed by atoms with Gasteiger partial charge in [-0.25, -0.2) is 4.98 Å². The van der Waals surface area contributed by atoms with Gasteiger partial charge in [-0.1, -0.05) is 6.07 Å². The number of ether oxygens (including phenoxy) is 1. The van der Waals surface area contributed by atoms with Crippen molar-refractivity contribution in [3.05, 3.63) is 60.4 Å². The Morgan fingerprint density at radius 3 is 2.52 bits per heavy atom. The van der Waals surface area contributed by atoms with Crippen molar-refractivity contribution in [2.24, 2.45) is 0 Å². The van der Waals surface area contributed by atoms with Crippen LogP contribution in [-0.4, -0.2) is 49.1 Å². The van der Waals surface area contributed by atoms with Crippen molar-refractivity contribution in [1.29, 1.82) is 5.26 Å². The minimum atomic E-state index is -0.421. The van der Waals surface area contributed by atoms with Crippen LogP contribution in [0.3, 0.4) is 0 Å². The van der Waals surface area contributed by atoms with Crippen LogP contribution >= 0.6 is 0 Å². The molecule has 2 aromatic rings. The molecule has 1 aliphatic rings. The Kier molecular flexibility index (Phi) is 5.90. The lowest BCUT2D eigenvalue weighted by Crippen LogP contribution is -2.44. The lowest BCUT2D eigenvalue weighted by molar-refractivity contribution is -0.112. The molecule has 138 valence electrons. The number of pyridine rings is 1. The molecule has 1 fully saturated rings. The van der Waals surface area contributed by atoms with Gasteiger partial charge in [-0.2, -0.15) is 5.26 Å². The summed E-state index contributed by atoms with van der Waals surface area (Å²) in [7, 11) is 1.58. The Morgan fingerprint density at radius 2 is 1.93 bits per heavy atom. The van der Waals surface area contributed by atoms with Crippen LogP contribution < -0.4 is 15.0 Å². The molecule has 3 rings (SSSR count). The van der Waals surface area contributed by atoms with Crippen LogP contribution in [-0.2, 0) is 4.79 Å². The van der Waals surface area contributed by atoms with E-state index in [9.17, 15) is 10.1 Å². The smallest absolute Gasteiger partial charge is 0.267 e. The molecule has 0 radical (unpaired) electrons. The summed E-state index contributed by atoms with van der Waals surface area (Å²) in [6.45, 7) is 3.01. The second-order valence-electron chi connectivity index (χ2n) is 6.05. The summed E-state index contributed by atoms with van der Waals surface area (Å²) in [4.78, 5) is 20.9. The highest BCUT2D eigenvalue weighted by Gasteiger charge is 2.18. The Labute approximate surface area is 158 Å². The van der Waals surface area contributed by atoms with E-state index in [1.165, 1.54) is 0 Å². The number of anilines is 2. The van der Waals surface area contributed by atoms with Crippen molar-refractivity contribution >= 4 is 17.4 Å². The van der Waals surface area contributed by atoms with E-state index in [2.05, 4.69) is 15.2 Å². The number of aromatic nitrogens is 1. The SMILES string of the molecule is COc1ccc(NC(=O)/C(C#N)=C\N2CCN(c3ccccn3)CC2)cc1. The van der Waals surface area contributed by atoms with Crippen molar-refractivity contribution in [2.75, 3.05) is 43.5 Å². The number of carbonyl (C=O) groups is 1. The zero-order valence-electron chi connectivity index (χ0n) is 15.1. The predicted molar refractivity (Wildman–Crippen MR) is 103 cm³/mol. The summed E-state index contributed by atoms with van der Waals surface area (Å²) >= 11 is 0. The van der Waals surface area contributed by atoms with Crippen molar-refractivity contribution in [2.45, 2.75) is 0 Å². The highest BCUT2D eigenvalue weighted by molar-refractivity contribution is 6.06. The molecule has 0 unspecified atom stereocenters. The van der Waals surface area contributed by atoms with Gasteiger partial charge in [-0.05, 0) is 36.4 Å². The predicted octanol–water partition coefficient (Wildman–Crippen LogP) is 2.26. The van der Waals surface area contributed by atoms with Crippen molar-refractivity contribution in [1.82, 2.24) is 9.88 Å². The third kappa shape index (κ3) is 4.76. The monoisotopic (exact) mass is 363 g/mol. The fourth-order valence-corrected chi connectivity index (χ4v) is 2.81. The van der Waals surface area contributed by atoms with Crippen LogP contribution in [0.2, 0.25) is 0 Å². The maximum atomic E-state index is 12.4. The van der Waals surface area contributed by atoms with Gasteiger partial charge in [0.15, 0.2) is 0 Å². The highest BCUT2D eigenvalue weighted by atomic mass is 16.5. The largest absolute Gasteiger partial charge is 0.497 e. The van der Waals surface area contributed by atoms with Gasteiger partial charge in [-0.15, -0.1) is 0 Å². The van der Waals surface area contributed by atoms with E-state index in [0.717, 1.165) is 32.0 Å². The minimum absolute atomic E-state index is 0.0807. The Balaban J connectivity index is 1.59. The summed E-state index contributed by atoms with van der Waals surface area (Å²) in [6, 6.07) is 14.8. The van der Waals surface area contributed by atoms with Gasteiger partial charge in [-0.3, -0.25) is 4.79 Å². The third-order valence-electron chi connectivity index (χ3n) is 4.31. The van der Waals surface area contributed by atoms with E-state index in [0.29, 0.717) is 11.4 Å². The van der Waals surface area contributed by atoms with Crippen LogP contribution in [0, 0.1) is 11.3 Å². The molecule has 1 aromatic heterocycles. The molecule has 1 saturated heterocycles. The fraction of sp³-hybridized carbons (Fsp3) is 0.250. The first-order valence-electron chi connectivity index (χ1n) is 8.67. The average Bonchev–Trinajstić information content (AvgIpc) is 2.73. The van der Waals surface area contributed by atoms with E-state index in [1.54, 1.807) is 43.8 Å². The van der Waals surface area contributed by atoms with E-state index >= 15 is 0 Å². The molecule has 1 N–H and O–H groups in total. The quantitative estimate of drug-likeness (QED) is 0.648. The zero-order valence-corrected chi connectivity index (χ0v) is 15.1. The number of carbonyl (C=O) groups excluding carboxylic acids is 1. The van der Waals surface area contributed by atoms with Gasteiger partial charge in [0.1, 0.15) is 23.2 Å². The number of amides is 1. The van der Waals surface area contributed by atoms with E-state index < -0.39 is 5.91 Å². The molecule has 7 nitrogen and oxygen atoms in total. The molecule has 1 amide bonds. The van der Waals surface area contributed by atoms with Crippen molar-refractivity contribution in [3.63, 3.8) is 0 Å². The highest BCUT2D eigenvalue weighted by Crippen LogP contribution is 2.16. The number of hydrogen-bond acceptors (Lipinski definition) is 6. The Bertz CT molecular complexity index is 835. The molecule has 0 aliphatic carbocycles. The van der Waals surface area contributed by atoms with E-state index in [4.69, 9.17) is 4.74 Å². The lowest BCUT2D eigenvalue weighted by atomic mass is 10.2. The fourth-order valence-electron chi connectivity index (χ4n) is 2.81. The van der Waals surface area contributed by atoms with Gasteiger partial charge >= 0.3 is 0 Å². The number of piperazine rings is 1. The number of hydrogen-bond donors (Lipinski definition) is 1. The van der Waals surface area contributed by atoms with Gasteiger partial charge < -0.3 is 19.9 Å². The van der Waals surface area contributed by atoms with Crippen LogP contribution in [0.1, 0.15) is 0 Å². The van der Waals surface area contributed by atoms with E-state index in [1.807, 2.05) is 29.2 Å². The first-order valence-corrected chi connectivity index (χ1v) is 8.67. The number of rotatable bonds is 5. The van der Waals surface area contributed by atoms with Gasteiger partial charge in [0, 0.05) is 44.3 Å². The molecular formula is C20H21N5O2. The van der Waals surface area contributed by atoms with Crippen molar-refractivity contribution < 1.29 is 9.53 Å². The summed E-state index contributed by atoms with van der Waals surface area (Å²) < 4.78 is 5.09. The summed E-state index contributed by atoms with van der Waals surface area (Å²) in [6.07, 6.45) is 3.41. The first-order chi connectivity index (χ1) is 13.2. The van der Waals surface area contributed by atoms with Gasteiger partial charge in [0.05, 0.1) is 7.11 Å². The molecule has 0 bridgehead atoms. The molecule has 0 saturated carbocycles. The Morgan fingerprint density at radius 1 is 1.19 bits per heavy atom. The number of benzene rings is 1. The standard InChI is InChI=1S/C20H21N5O2/c1-27-18-7-5-17(6-8-18)23-20(26)16(14-21)15-24-10-12-25(13-11-24)19-4-2-3-9-22-19/h2-9,15H,10-13H2,1H3,(H,23,26)/b16-15-. The number of nitrogens with zero attached hydrogens (tertiary/aromatic N) is 4.